The summed E-state index contributed by atoms with van der Waals surface area (Å²) in [5.41, 5.74) is 1.39. The molecule has 1 aliphatic carbocycles. The van der Waals surface area contributed by atoms with Gasteiger partial charge in [0.2, 0.25) is 0 Å². The van der Waals surface area contributed by atoms with Crippen LogP contribution in [0, 0.1) is 0 Å². The molecule has 13 heavy (non-hydrogen) atoms. The van der Waals surface area contributed by atoms with Crippen molar-refractivity contribution < 1.29 is 0 Å². The van der Waals surface area contributed by atoms with E-state index in [-0.39, 0.29) is 0 Å². The molecule has 0 bridgehead atoms. The van der Waals surface area contributed by atoms with Crippen molar-refractivity contribution in [1.29, 1.82) is 0 Å². The second-order valence-electron chi connectivity index (χ2n) is 3.14. The normalized spacial score (nSPS) is 14.6. The first-order chi connectivity index (χ1) is 6.45. The number of rotatable bonds is 3. The Bertz CT molecular complexity index is 214. The van der Waals surface area contributed by atoms with Crippen LogP contribution < -0.4 is 5.32 Å². The first-order valence-corrected chi connectivity index (χ1v) is 5.22. The van der Waals surface area contributed by atoms with Crippen molar-refractivity contribution >= 4 is 0 Å². The number of nitrogens with one attached hydrogen (secondary N) is 1. The molecule has 1 heteroatoms. The van der Waals surface area contributed by atoms with Crippen LogP contribution in [0.25, 0.3) is 0 Å². The highest BCUT2D eigenvalue weighted by Crippen LogP contribution is 2.19. The minimum atomic E-state index is 0.815. The fraction of sp³-hybridized carbons (Fsp3) is 0.500. The van der Waals surface area contributed by atoms with Crippen molar-refractivity contribution in [3.05, 3.63) is 35.9 Å². The van der Waals surface area contributed by atoms with Crippen molar-refractivity contribution in [3.63, 3.8) is 0 Å². The van der Waals surface area contributed by atoms with Crippen LogP contribution in [0.15, 0.2) is 30.3 Å². The van der Waals surface area contributed by atoms with E-state index >= 15 is 0 Å². The van der Waals surface area contributed by atoms with Crippen molar-refractivity contribution in [2.45, 2.75) is 39.3 Å². The maximum atomic E-state index is 3.47. The van der Waals surface area contributed by atoms with Crippen molar-refractivity contribution in [2.24, 2.45) is 0 Å². The van der Waals surface area contributed by atoms with E-state index in [0.717, 1.165) is 12.6 Å². The van der Waals surface area contributed by atoms with Crippen LogP contribution in [0.3, 0.4) is 0 Å². The minimum absolute atomic E-state index is 0.815. The molecular formula is C12H19N. The molecule has 0 spiro atoms. The summed E-state index contributed by atoms with van der Waals surface area (Å²) < 4.78 is 0. The quantitative estimate of drug-likeness (QED) is 0.748. The molecule has 1 N–H and O–H groups in total. The van der Waals surface area contributed by atoms with Crippen LogP contribution in [-0.4, -0.2) is 6.04 Å². The lowest BCUT2D eigenvalue weighted by Gasteiger charge is -2.00. The van der Waals surface area contributed by atoms with E-state index in [0.29, 0.717) is 0 Å². The molecule has 2 rings (SSSR count). The Hall–Kier alpha value is -0.820. The first kappa shape index (κ1) is 10.3. The molecule has 0 atom stereocenters. The summed E-state index contributed by atoms with van der Waals surface area (Å²) in [5, 5.41) is 3.47. The van der Waals surface area contributed by atoms with Crippen LogP contribution in [-0.2, 0) is 6.54 Å². The number of hydrogen-bond acceptors (Lipinski definition) is 1. The minimum Gasteiger partial charge on any atom is -0.310 e. The van der Waals surface area contributed by atoms with Gasteiger partial charge in [0.25, 0.3) is 0 Å². The van der Waals surface area contributed by atoms with Gasteiger partial charge in [-0.1, -0.05) is 44.2 Å². The maximum Gasteiger partial charge on any atom is 0.0208 e. The molecule has 1 fully saturated rings. The average Bonchev–Trinajstić information content (AvgIpc) is 3.03. The number of benzene rings is 1. The summed E-state index contributed by atoms with van der Waals surface area (Å²) in [6.45, 7) is 5.03. The molecule has 0 heterocycles. The van der Waals surface area contributed by atoms with E-state index in [9.17, 15) is 0 Å². The maximum absolute atomic E-state index is 3.47. The smallest absolute Gasteiger partial charge is 0.0208 e. The van der Waals surface area contributed by atoms with E-state index in [2.05, 4.69) is 35.6 Å². The molecule has 1 nitrogen and oxygen atoms in total. The summed E-state index contributed by atoms with van der Waals surface area (Å²) in [5.74, 6) is 0. The molecule has 0 saturated heterocycles. The third-order valence-electron chi connectivity index (χ3n) is 2.02. The highest BCUT2D eigenvalue weighted by molar-refractivity contribution is 5.14. The zero-order valence-corrected chi connectivity index (χ0v) is 8.59. The highest BCUT2D eigenvalue weighted by atomic mass is 14.9. The third-order valence-corrected chi connectivity index (χ3v) is 2.02. The Labute approximate surface area is 81.2 Å². The fourth-order valence-corrected chi connectivity index (χ4v) is 1.15. The van der Waals surface area contributed by atoms with Crippen molar-refractivity contribution in [1.82, 2.24) is 5.32 Å². The van der Waals surface area contributed by atoms with Gasteiger partial charge in [-0.2, -0.15) is 0 Å². The highest BCUT2D eigenvalue weighted by Gasteiger charge is 2.19. The summed E-state index contributed by atoms with van der Waals surface area (Å²) in [6, 6.07) is 11.4. The zero-order valence-electron chi connectivity index (χ0n) is 8.59. The zero-order chi connectivity index (χ0) is 9.52. The largest absolute Gasteiger partial charge is 0.310 e. The first-order valence-electron chi connectivity index (χ1n) is 5.22. The Balaban J connectivity index is 0.000000396. The molecular weight excluding hydrogens is 158 g/mol. The van der Waals surface area contributed by atoms with Gasteiger partial charge in [0.1, 0.15) is 0 Å². The van der Waals surface area contributed by atoms with E-state index in [1.807, 2.05) is 13.8 Å². The van der Waals surface area contributed by atoms with E-state index in [1.54, 1.807) is 0 Å². The molecule has 1 aromatic carbocycles. The molecule has 1 saturated carbocycles. The molecule has 0 aliphatic heterocycles. The molecule has 1 aromatic rings. The van der Waals surface area contributed by atoms with Gasteiger partial charge in [0.15, 0.2) is 0 Å². The van der Waals surface area contributed by atoms with Gasteiger partial charge in [0.05, 0.1) is 0 Å². The van der Waals surface area contributed by atoms with Gasteiger partial charge >= 0.3 is 0 Å². The molecule has 0 unspecified atom stereocenters. The van der Waals surface area contributed by atoms with Crippen LogP contribution in [0.1, 0.15) is 32.3 Å². The second-order valence-corrected chi connectivity index (χ2v) is 3.14. The predicted octanol–water partition coefficient (Wildman–Crippen LogP) is 2.96. The Morgan fingerprint density at radius 1 is 1.15 bits per heavy atom. The number of hydrogen-bond donors (Lipinski definition) is 1. The summed E-state index contributed by atoms with van der Waals surface area (Å²) >= 11 is 0. The van der Waals surface area contributed by atoms with Crippen LogP contribution in [0.2, 0.25) is 0 Å². The predicted molar refractivity (Wildman–Crippen MR) is 57.7 cm³/mol. The fourth-order valence-electron chi connectivity index (χ4n) is 1.15. The van der Waals surface area contributed by atoms with Gasteiger partial charge in [-0.15, -0.1) is 0 Å². The van der Waals surface area contributed by atoms with Gasteiger partial charge in [-0.05, 0) is 18.4 Å². The molecule has 0 radical (unpaired) electrons. The molecule has 0 amide bonds. The average molecular weight is 177 g/mol. The topological polar surface area (TPSA) is 12.0 Å². The second kappa shape index (κ2) is 5.76. The van der Waals surface area contributed by atoms with Gasteiger partial charge in [0, 0.05) is 12.6 Å². The van der Waals surface area contributed by atoms with Crippen LogP contribution in [0.4, 0.5) is 0 Å². The van der Waals surface area contributed by atoms with Crippen LogP contribution >= 0.6 is 0 Å². The Kier molecular flexibility index (Phi) is 4.55. The standard InChI is InChI=1S/C10H13N.C2H6/c1-2-4-9(5-3-1)8-11-10-6-7-10;1-2/h1-5,10-11H,6-8H2;1-2H3. The lowest BCUT2D eigenvalue weighted by molar-refractivity contribution is 0.688. The Morgan fingerprint density at radius 3 is 2.31 bits per heavy atom. The van der Waals surface area contributed by atoms with E-state index < -0.39 is 0 Å². The van der Waals surface area contributed by atoms with Crippen molar-refractivity contribution in [3.8, 4) is 0 Å². The lowest BCUT2D eigenvalue weighted by Crippen LogP contribution is -2.14. The molecule has 72 valence electrons. The van der Waals surface area contributed by atoms with Gasteiger partial charge in [-0.3, -0.25) is 0 Å². The SMILES string of the molecule is CC.c1ccc(CNC2CC2)cc1. The third kappa shape index (κ3) is 4.09. The summed E-state index contributed by atoms with van der Waals surface area (Å²) in [4.78, 5) is 0. The summed E-state index contributed by atoms with van der Waals surface area (Å²) in [7, 11) is 0. The monoisotopic (exact) mass is 177 g/mol. The Morgan fingerprint density at radius 2 is 1.77 bits per heavy atom. The van der Waals surface area contributed by atoms with Gasteiger partial charge in [-0.25, -0.2) is 0 Å². The van der Waals surface area contributed by atoms with Gasteiger partial charge < -0.3 is 5.32 Å². The van der Waals surface area contributed by atoms with Crippen molar-refractivity contribution in [2.75, 3.05) is 0 Å². The lowest BCUT2D eigenvalue weighted by atomic mass is 10.2. The van der Waals surface area contributed by atoms with E-state index in [1.165, 1.54) is 18.4 Å². The van der Waals surface area contributed by atoms with Crippen LogP contribution in [0.5, 0.6) is 0 Å². The molecule has 0 aromatic heterocycles. The molecule has 1 aliphatic rings. The van der Waals surface area contributed by atoms with E-state index in [4.69, 9.17) is 0 Å². The summed E-state index contributed by atoms with van der Waals surface area (Å²) in [6.07, 6.45) is 2.74.